The van der Waals surface area contributed by atoms with Crippen molar-refractivity contribution >= 4 is 0 Å². The summed E-state index contributed by atoms with van der Waals surface area (Å²) in [6.45, 7) is 10.0. The fourth-order valence-electron chi connectivity index (χ4n) is 3.95. The van der Waals surface area contributed by atoms with E-state index < -0.39 is 0 Å². The molecule has 0 aromatic rings. The topological polar surface area (TPSA) is 26.7 Å². The van der Waals surface area contributed by atoms with Gasteiger partial charge in [-0.3, -0.25) is 9.80 Å². The number of nitrogens with zero attached hydrogens (tertiary/aromatic N) is 2. The molecule has 1 aliphatic carbocycles. The molecule has 0 aromatic heterocycles. The van der Waals surface area contributed by atoms with Gasteiger partial charge >= 0.3 is 0 Å². The van der Waals surface area contributed by atoms with Gasteiger partial charge in [0.25, 0.3) is 0 Å². The van der Waals surface area contributed by atoms with E-state index in [1.807, 2.05) is 0 Å². The summed E-state index contributed by atoms with van der Waals surface area (Å²) in [5.74, 6) is 0.571. The number of rotatable bonds is 6. The summed E-state index contributed by atoms with van der Waals surface area (Å²) in [6, 6.07) is 0.716. The molecule has 1 saturated heterocycles. The van der Waals surface area contributed by atoms with Gasteiger partial charge in [0.05, 0.1) is 6.10 Å². The normalized spacial score (nSPS) is 28.1. The third-order valence-electron chi connectivity index (χ3n) is 5.22. The fraction of sp³-hybridized carbons (Fsp3) is 1.00. The third-order valence-corrected chi connectivity index (χ3v) is 5.22. The molecular weight excluding hydrogens is 236 g/mol. The maximum Gasteiger partial charge on any atom is 0.0695 e. The van der Waals surface area contributed by atoms with Crippen molar-refractivity contribution in [3.8, 4) is 0 Å². The Kier molecular flexibility index (Phi) is 6.11. The first-order chi connectivity index (χ1) is 9.24. The Hall–Kier alpha value is -0.120. The number of hydrogen-bond acceptors (Lipinski definition) is 3. The molecule has 3 heteroatoms. The highest BCUT2D eigenvalue weighted by atomic mass is 16.3. The maximum atomic E-state index is 10.4. The van der Waals surface area contributed by atoms with E-state index in [-0.39, 0.29) is 6.10 Å². The minimum atomic E-state index is -0.0873. The Labute approximate surface area is 119 Å². The lowest BCUT2D eigenvalue weighted by atomic mass is 9.85. The number of β-amino-alcohol motifs (C(OH)–C–C–N with tert-alkyl or cyclic N) is 1. The van der Waals surface area contributed by atoms with Crippen LogP contribution >= 0.6 is 0 Å². The zero-order valence-corrected chi connectivity index (χ0v) is 12.9. The molecule has 1 saturated carbocycles. The first kappa shape index (κ1) is 15.3. The van der Waals surface area contributed by atoms with Crippen molar-refractivity contribution in [1.29, 1.82) is 0 Å². The van der Waals surface area contributed by atoms with Gasteiger partial charge in [0, 0.05) is 19.1 Å². The molecule has 1 heterocycles. The average molecular weight is 268 g/mol. The van der Waals surface area contributed by atoms with Gasteiger partial charge in [0.1, 0.15) is 0 Å². The van der Waals surface area contributed by atoms with Crippen LogP contribution in [0.2, 0.25) is 0 Å². The van der Waals surface area contributed by atoms with Crippen molar-refractivity contribution in [3.05, 3.63) is 0 Å². The highest BCUT2D eigenvalue weighted by Gasteiger charge is 2.29. The van der Waals surface area contributed by atoms with Crippen LogP contribution in [0.15, 0.2) is 0 Å². The van der Waals surface area contributed by atoms with E-state index in [9.17, 15) is 5.11 Å². The first-order valence-electron chi connectivity index (χ1n) is 8.39. The average Bonchev–Trinajstić information content (AvgIpc) is 2.89. The second-order valence-electron chi connectivity index (χ2n) is 6.39. The Morgan fingerprint density at radius 3 is 2.42 bits per heavy atom. The number of likely N-dealkylation sites (tertiary alicyclic amines) is 1. The predicted molar refractivity (Wildman–Crippen MR) is 80.3 cm³/mol. The highest BCUT2D eigenvalue weighted by Crippen LogP contribution is 2.27. The van der Waals surface area contributed by atoms with Gasteiger partial charge in [-0.05, 0) is 44.8 Å². The molecule has 0 spiro atoms. The molecule has 0 bridgehead atoms. The molecular formula is C16H32N2O. The van der Waals surface area contributed by atoms with E-state index in [4.69, 9.17) is 0 Å². The summed E-state index contributed by atoms with van der Waals surface area (Å²) < 4.78 is 0. The van der Waals surface area contributed by atoms with Crippen LogP contribution in [0.1, 0.15) is 52.4 Å². The smallest absolute Gasteiger partial charge is 0.0695 e. The number of aliphatic hydroxyl groups is 1. The third kappa shape index (κ3) is 4.17. The standard InChI is InChI=1S/C16H32N2O/c1-3-18(4-2)15-10-11-17(12-15)13-16(19)14-8-6-5-7-9-14/h14-16,19H,3-13H2,1-2H3. The van der Waals surface area contributed by atoms with Crippen LogP contribution in [-0.2, 0) is 0 Å². The Bertz CT molecular complexity index is 249. The molecule has 2 rings (SSSR count). The molecule has 0 amide bonds. The zero-order valence-electron chi connectivity index (χ0n) is 12.9. The molecule has 0 aromatic carbocycles. The van der Waals surface area contributed by atoms with Crippen molar-refractivity contribution in [2.75, 3.05) is 32.7 Å². The largest absolute Gasteiger partial charge is 0.392 e. The number of hydrogen-bond donors (Lipinski definition) is 1. The molecule has 1 N–H and O–H groups in total. The lowest BCUT2D eigenvalue weighted by Gasteiger charge is -2.30. The quantitative estimate of drug-likeness (QED) is 0.801. The SMILES string of the molecule is CCN(CC)C1CCN(CC(O)C2CCCCC2)C1. The van der Waals surface area contributed by atoms with Crippen LogP contribution in [0.4, 0.5) is 0 Å². The zero-order chi connectivity index (χ0) is 13.7. The van der Waals surface area contributed by atoms with Crippen LogP contribution in [0.3, 0.4) is 0 Å². The lowest BCUT2D eigenvalue weighted by Crippen LogP contribution is -2.40. The van der Waals surface area contributed by atoms with Gasteiger partial charge < -0.3 is 5.11 Å². The molecule has 2 aliphatic rings. The lowest BCUT2D eigenvalue weighted by molar-refractivity contribution is 0.0521. The van der Waals surface area contributed by atoms with E-state index in [1.165, 1.54) is 45.1 Å². The van der Waals surface area contributed by atoms with E-state index in [0.717, 1.165) is 26.2 Å². The number of likely N-dealkylation sites (N-methyl/N-ethyl adjacent to an activating group) is 1. The monoisotopic (exact) mass is 268 g/mol. The minimum Gasteiger partial charge on any atom is -0.392 e. The van der Waals surface area contributed by atoms with Crippen molar-refractivity contribution in [2.24, 2.45) is 5.92 Å². The first-order valence-corrected chi connectivity index (χ1v) is 8.39. The van der Waals surface area contributed by atoms with Gasteiger partial charge in [-0.15, -0.1) is 0 Å². The Morgan fingerprint density at radius 2 is 1.79 bits per heavy atom. The Morgan fingerprint density at radius 1 is 1.11 bits per heavy atom. The minimum absolute atomic E-state index is 0.0873. The highest BCUT2D eigenvalue weighted by molar-refractivity contribution is 4.85. The maximum absolute atomic E-state index is 10.4. The van der Waals surface area contributed by atoms with Gasteiger partial charge in [-0.2, -0.15) is 0 Å². The summed E-state index contributed by atoms with van der Waals surface area (Å²) in [4.78, 5) is 5.05. The second-order valence-corrected chi connectivity index (χ2v) is 6.39. The summed E-state index contributed by atoms with van der Waals surface area (Å²) in [5.41, 5.74) is 0. The molecule has 2 fully saturated rings. The molecule has 0 radical (unpaired) electrons. The van der Waals surface area contributed by atoms with Crippen LogP contribution < -0.4 is 0 Å². The number of aliphatic hydroxyl groups excluding tert-OH is 1. The van der Waals surface area contributed by atoms with Gasteiger partial charge in [0.15, 0.2) is 0 Å². The summed E-state index contributed by atoms with van der Waals surface area (Å²) in [7, 11) is 0. The summed E-state index contributed by atoms with van der Waals surface area (Å²) in [5, 5.41) is 10.4. The summed E-state index contributed by atoms with van der Waals surface area (Å²) >= 11 is 0. The molecule has 2 unspecified atom stereocenters. The fourth-order valence-corrected chi connectivity index (χ4v) is 3.95. The van der Waals surface area contributed by atoms with Gasteiger partial charge in [0.2, 0.25) is 0 Å². The van der Waals surface area contributed by atoms with Crippen LogP contribution in [0.5, 0.6) is 0 Å². The van der Waals surface area contributed by atoms with E-state index >= 15 is 0 Å². The van der Waals surface area contributed by atoms with Crippen molar-refractivity contribution in [3.63, 3.8) is 0 Å². The van der Waals surface area contributed by atoms with Crippen molar-refractivity contribution in [2.45, 2.75) is 64.5 Å². The molecule has 2 atom stereocenters. The van der Waals surface area contributed by atoms with Crippen LogP contribution in [0, 0.1) is 5.92 Å². The second kappa shape index (κ2) is 7.61. The molecule has 1 aliphatic heterocycles. The van der Waals surface area contributed by atoms with E-state index in [2.05, 4.69) is 23.6 Å². The Balaban J connectivity index is 1.74. The molecule has 112 valence electrons. The van der Waals surface area contributed by atoms with E-state index in [0.29, 0.717) is 12.0 Å². The van der Waals surface area contributed by atoms with Gasteiger partial charge in [-0.1, -0.05) is 33.1 Å². The van der Waals surface area contributed by atoms with Gasteiger partial charge in [-0.25, -0.2) is 0 Å². The van der Waals surface area contributed by atoms with Crippen molar-refractivity contribution < 1.29 is 5.11 Å². The van der Waals surface area contributed by atoms with Crippen LogP contribution in [0.25, 0.3) is 0 Å². The van der Waals surface area contributed by atoms with E-state index in [1.54, 1.807) is 0 Å². The predicted octanol–water partition coefficient (Wildman–Crippen LogP) is 2.34. The summed E-state index contributed by atoms with van der Waals surface area (Å²) in [6.07, 6.45) is 7.70. The van der Waals surface area contributed by atoms with Crippen molar-refractivity contribution in [1.82, 2.24) is 9.80 Å². The molecule has 19 heavy (non-hydrogen) atoms. The molecule has 3 nitrogen and oxygen atoms in total. The van der Waals surface area contributed by atoms with Crippen LogP contribution in [-0.4, -0.2) is 59.8 Å².